The van der Waals surface area contributed by atoms with Crippen LogP contribution >= 0.6 is 0 Å². The maximum atomic E-state index is 12.1. The van der Waals surface area contributed by atoms with Crippen molar-refractivity contribution in [1.29, 1.82) is 0 Å². The van der Waals surface area contributed by atoms with Crippen molar-refractivity contribution in [3.8, 4) is 0 Å². The van der Waals surface area contributed by atoms with Crippen LogP contribution < -0.4 is 10.6 Å². The van der Waals surface area contributed by atoms with Crippen molar-refractivity contribution in [1.82, 2.24) is 10.2 Å². The number of nitrogens with zero attached hydrogens (tertiary/aromatic N) is 1. The van der Waals surface area contributed by atoms with Gasteiger partial charge in [-0.25, -0.2) is 4.79 Å². The van der Waals surface area contributed by atoms with Crippen LogP contribution in [0.15, 0.2) is 24.3 Å². The molecule has 1 saturated heterocycles. The van der Waals surface area contributed by atoms with E-state index in [4.69, 9.17) is 4.74 Å². The summed E-state index contributed by atoms with van der Waals surface area (Å²) < 4.78 is 5.92. The zero-order valence-corrected chi connectivity index (χ0v) is 16.2. The smallest absolute Gasteiger partial charge is 0.319 e. The van der Waals surface area contributed by atoms with Crippen molar-refractivity contribution >= 4 is 17.6 Å². The average Bonchev–Trinajstić information content (AvgIpc) is 3.05. The van der Waals surface area contributed by atoms with Crippen molar-refractivity contribution < 1.29 is 14.3 Å². The number of likely N-dealkylation sites (tertiary alicyclic amines) is 1. The van der Waals surface area contributed by atoms with Crippen LogP contribution in [0, 0.1) is 5.92 Å². The predicted molar refractivity (Wildman–Crippen MR) is 105 cm³/mol. The molecule has 2 fully saturated rings. The standard InChI is InChI=1S/C21H31N3O3/c1-16-6-2-3-9-19(16)27-13-11-22-21(26)23-18-8-4-7-17(14-18)15-24-12-5-10-20(24)25/h4,7-8,14,16,19H,2-3,5-6,9-13,15H2,1H3,(H2,22,23,26)/t16-,19+/m1/s1. The largest absolute Gasteiger partial charge is 0.376 e. The lowest BCUT2D eigenvalue weighted by Crippen LogP contribution is -2.34. The molecule has 6 nitrogen and oxygen atoms in total. The molecule has 1 heterocycles. The highest BCUT2D eigenvalue weighted by Gasteiger charge is 2.22. The highest BCUT2D eigenvalue weighted by molar-refractivity contribution is 5.89. The molecular weight excluding hydrogens is 342 g/mol. The Kier molecular flexibility index (Phi) is 7.10. The Morgan fingerprint density at radius 3 is 2.89 bits per heavy atom. The summed E-state index contributed by atoms with van der Waals surface area (Å²) in [6.45, 7) is 4.70. The topological polar surface area (TPSA) is 70.7 Å². The third kappa shape index (κ3) is 5.96. The Morgan fingerprint density at radius 1 is 1.26 bits per heavy atom. The molecule has 148 valence electrons. The third-order valence-electron chi connectivity index (χ3n) is 5.48. The summed E-state index contributed by atoms with van der Waals surface area (Å²) in [5.74, 6) is 0.816. The summed E-state index contributed by atoms with van der Waals surface area (Å²) in [6.07, 6.45) is 6.80. The van der Waals surface area contributed by atoms with Crippen LogP contribution in [0.4, 0.5) is 10.5 Å². The van der Waals surface area contributed by atoms with Gasteiger partial charge in [-0.05, 0) is 42.9 Å². The number of nitrogens with one attached hydrogen (secondary N) is 2. The van der Waals surface area contributed by atoms with E-state index in [1.165, 1.54) is 19.3 Å². The number of hydrogen-bond donors (Lipinski definition) is 2. The maximum Gasteiger partial charge on any atom is 0.319 e. The molecule has 2 N–H and O–H groups in total. The summed E-state index contributed by atoms with van der Waals surface area (Å²) in [6, 6.07) is 7.43. The summed E-state index contributed by atoms with van der Waals surface area (Å²) in [5, 5.41) is 5.70. The fourth-order valence-electron chi connectivity index (χ4n) is 3.92. The summed E-state index contributed by atoms with van der Waals surface area (Å²) in [7, 11) is 0. The first-order valence-electron chi connectivity index (χ1n) is 10.1. The summed E-state index contributed by atoms with van der Waals surface area (Å²) in [5.41, 5.74) is 1.76. The molecule has 2 atom stereocenters. The van der Waals surface area contributed by atoms with Gasteiger partial charge in [0.2, 0.25) is 5.91 Å². The van der Waals surface area contributed by atoms with Crippen molar-refractivity contribution in [3.63, 3.8) is 0 Å². The van der Waals surface area contributed by atoms with Crippen LogP contribution in [0.3, 0.4) is 0 Å². The van der Waals surface area contributed by atoms with E-state index in [0.29, 0.717) is 38.1 Å². The van der Waals surface area contributed by atoms with Crippen molar-refractivity contribution in [2.24, 2.45) is 5.92 Å². The minimum Gasteiger partial charge on any atom is -0.376 e. The molecule has 3 rings (SSSR count). The normalized spacial score (nSPS) is 22.7. The maximum absolute atomic E-state index is 12.1. The van der Waals surface area contributed by atoms with Crippen LogP contribution in [0.2, 0.25) is 0 Å². The number of carbonyl (C=O) groups is 2. The van der Waals surface area contributed by atoms with Gasteiger partial charge in [0, 0.05) is 31.7 Å². The molecule has 1 saturated carbocycles. The van der Waals surface area contributed by atoms with Gasteiger partial charge in [-0.3, -0.25) is 4.79 Å². The SMILES string of the molecule is C[C@@H]1CCCC[C@@H]1OCCNC(=O)Nc1cccc(CN2CCCC2=O)c1. The van der Waals surface area contributed by atoms with E-state index in [1.54, 1.807) is 0 Å². The molecule has 6 heteroatoms. The van der Waals surface area contributed by atoms with Gasteiger partial charge in [-0.1, -0.05) is 31.9 Å². The Hall–Kier alpha value is -2.08. The molecule has 0 spiro atoms. The van der Waals surface area contributed by atoms with Gasteiger partial charge < -0.3 is 20.3 Å². The van der Waals surface area contributed by atoms with Gasteiger partial charge in [0.15, 0.2) is 0 Å². The Morgan fingerprint density at radius 2 is 2.11 bits per heavy atom. The first kappa shape index (κ1) is 19.7. The second kappa shape index (κ2) is 9.74. The van der Waals surface area contributed by atoms with Crippen molar-refractivity contribution in [3.05, 3.63) is 29.8 Å². The lowest BCUT2D eigenvalue weighted by atomic mass is 9.88. The highest BCUT2D eigenvalue weighted by atomic mass is 16.5. The molecule has 0 unspecified atom stereocenters. The van der Waals surface area contributed by atoms with E-state index < -0.39 is 0 Å². The van der Waals surface area contributed by atoms with Gasteiger partial charge in [0.05, 0.1) is 12.7 Å². The second-order valence-electron chi connectivity index (χ2n) is 7.67. The number of carbonyl (C=O) groups excluding carboxylic acids is 2. The molecule has 27 heavy (non-hydrogen) atoms. The van der Waals surface area contributed by atoms with Crippen LogP contribution in [0.1, 0.15) is 51.0 Å². The van der Waals surface area contributed by atoms with Crippen LogP contribution in [-0.4, -0.2) is 42.6 Å². The quantitative estimate of drug-likeness (QED) is 0.719. The minimum absolute atomic E-state index is 0.207. The van der Waals surface area contributed by atoms with Gasteiger partial charge in [0.25, 0.3) is 0 Å². The highest BCUT2D eigenvalue weighted by Crippen LogP contribution is 2.26. The van der Waals surface area contributed by atoms with E-state index >= 15 is 0 Å². The van der Waals surface area contributed by atoms with E-state index in [0.717, 1.165) is 30.6 Å². The molecule has 0 aromatic heterocycles. The number of amides is 3. The second-order valence-corrected chi connectivity index (χ2v) is 7.67. The minimum atomic E-state index is -0.232. The van der Waals surface area contributed by atoms with E-state index in [-0.39, 0.29) is 11.9 Å². The third-order valence-corrected chi connectivity index (χ3v) is 5.48. The van der Waals surface area contributed by atoms with E-state index in [2.05, 4.69) is 17.6 Å². The molecule has 3 amide bonds. The van der Waals surface area contributed by atoms with Crippen LogP contribution in [0.5, 0.6) is 0 Å². The van der Waals surface area contributed by atoms with Gasteiger partial charge in [0.1, 0.15) is 0 Å². The van der Waals surface area contributed by atoms with Gasteiger partial charge in [-0.2, -0.15) is 0 Å². The van der Waals surface area contributed by atoms with Crippen molar-refractivity contribution in [2.45, 2.75) is 58.1 Å². The lowest BCUT2D eigenvalue weighted by Gasteiger charge is -2.28. The number of rotatable bonds is 7. The molecule has 1 aromatic carbocycles. The van der Waals surface area contributed by atoms with Gasteiger partial charge >= 0.3 is 6.03 Å². The fourth-order valence-corrected chi connectivity index (χ4v) is 3.92. The Labute approximate surface area is 161 Å². The van der Waals surface area contributed by atoms with Crippen LogP contribution in [-0.2, 0) is 16.1 Å². The zero-order chi connectivity index (χ0) is 19.1. The first-order valence-corrected chi connectivity index (χ1v) is 10.1. The zero-order valence-electron chi connectivity index (χ0n) is 16.2. The monoisotopic (exact) mass is 373 g/mol. The molecule has 0 bridgehead atoms. The molecule has 1 aromatic rings. The van der Waals surface area contributed by atoms with E-state index in [9.17, 15) is 9.59 Å². The molecule has 2 aliphatic rings. The van der Waals surface area contributed by atoms with E-state index in [1.807, 2.05) is 29.2 Å². The molecule has 1 aliphatic heterocycles. The Bertz CT molecular complexity index is 649. The van der Waals surface area contributed by atoms with Crippen LogP contribution in [0.25, 0.3) is 0 Å². The number of hydrogen-bond acceptors (Lipinski definition) is 3. The van der Waals surface area contributed by atoms with Crippen molar-refractivity contribution in [2.75, 3.05) is 25.0 Å². The summed E-state index contributed by atoms with van der Waals surface area (Å²) >= 11 is 0. The lowest BCUT2D eigenvalue weighted by molar-refractivity contribution is -0.128. The summed E-state index contributed by atoms with van der Waals surface area (Å²) in [4.78, 5) is 25.7. The molecule has 1 aliphatic carbocycles. The Balaban J connectivity index is 1.38. The number of ether oxygens (including phenoxy) is 1. The predicted octanol–water partition coefficient (Wildman–Crippen LogP) is 3.53. The molecular formula is C21H31N3O3. The average molecular weight is 373 g/mol. The number of anilines is 1. The fraction of sp³-hybridized carbons (Fsp3) is 0.619. The van der Waals surface area contributed by atoms with Gasteiger partial charge in [-0.15, -0.1) is 0 Å². The number of urea groups is 1. The number of benzene rings is 1. The first-order chi connectivity index (χ1) is 13.1. The molecule has 0 radical (unpaired) electrons.